The fourth-order valence-corrected chi connectivity index (χ4v) is 3.11. The molecule has 2 aromatic carbocycles. The average Bonchev–Trinajstić information content (AvgIpc) is 2.70. The van der Waals surface area contributed by atoms with Gasteiger partial charge in [0.05, 0.1) is 11.6 Å². The summed E-state index contributed by atoms with van der Waals surface area (Å²) in [6.07, 6.45) is 2.88. The fourth-order valence-electron chi connectivity index (χ4n) is 2.84. The van der Waals surface area contributed by atoms with Crippen LogP contribution in [0.4, 0.5) is 0 Å². The van der Waals surface area contributed by atoms with Gasteiger partial charge in [0.1, 0.15) is 25.9 Å². The predicted octanol–water partition coefficient (Wildman–Crippen LogP) is 3.08. The second kappa shape index (κ2) is 7.80. The molecule has 2 aromatic rings. The fraction of sp³-hybridized carbons (Fsp3) is 0.250. The van der Waals surface area contributed by atoms with Crippen molar-refractivity contribution in [3.05, 3.63) is 53.1 Å². The summed E-state index contributed by atoms with van der Waals surface area (Å²) >= 11 is 6.20. The molecule has 1 N–H and O–H groups in total. The van der Waals surface area contributed by atoms with E-state index in [1.54, 1.807) is 18.2 Å². The number of rotatable bonds is 4. The van der Waals surface area contributed by atoms with Gasteiger partial charge in [0, 0.05) is 6.08 Å². The van der Waals surface area contributed by atoms with Gasteiger partial charge in [-0.25, -0.2) is 0 Å². The van der Waals surface area contributed by atoms with Gasteiger partial charge in [-0.15, -0.1) is 0 Å². The summed E-state index contributed by atoms with van der Waals surface area (Å²) in [5.74, 6) is 2.29. The molecule has 2 aliphatic heterocycles. The first-order valence-corrected chi connectivity index (χ1v) is 9.00. The quantitative estimate of drug-likeness (QED) is 0.817. The SMILES string of the molecule is O=C(/C=C/c1cc(Cl)c2c(c1)OCCO2)NCC1COc2ccccc2O1. The van der Waals surface area contributed by atoms with Gasteiger partial charge in [0.2, 0.25) is 5.91 Å². The van der Waals surface area contributed by atoms with Gasteiger partial charge >= 0.3 is 0 Å². The minimum atomic E-state index is -0.235. The van der Waals surface area contributed by atoms with Gasteiger partial charge in [-0.05, 0) is 35.9 Å². The van der Waals surface area contributed by atoms with E-state index in [9.17, 15) is 4.79 Å². The van der Waals surface area contributed by atoms with Gasteiger partial charge < -0.3 is 24.3 Å². The highest BCUT2D eigenvalue weighted by Gasteiger charge is 2.20. The summed E-state index contributed by atoms with van der Waals surface area (Å²) in [4.78, 5) is 12.1. The largest absolute Gasteiger partial charge is 0.486 e. The highest BCUT2D eigenvalue weighted by atomic mass is 35.5. The molecule has 0 radical (unpaired) electrons. The summed E-state index contributed by atoms with van der Waals surface area (Å²) in [5.41, 5.74) is 0.755. The third kappa shape index (κ3) is 4.11. The van der Waals surface area contributed by atoms with E-state index in [0.29, 0.717) is 48.6 Å². The Labute approximate surface area is 161 Å². The molecular weight excluding hydrogens is 370 g/mol. The van der Waals surface area contributed by atoms with Crippen LogP contribution in [0.25, 0.3) is 6.08 Å². The number of carbonyl (C=O) groups excluding carboxylic acids is 1. The van der Waals surface area contributed by atoms with Crippen LogP contribution >= 0.6 is 11.6 Å². The standard InChI is InChI=1S/C20H18ClNO5/c21-15-9-13(10-18-20(15)25-8-7-24-18)5-6-19(23)22-11-14-12-26-16-3-1-2-4-17(16)27-14/h1-6,9-10,14H,7-8,11-12H2,(H,22,23)/b6-5+. The monoisotopic (exact) mass is 387 g/mol. The molecule has 6 nitrogen and oxygen atoms in total. The Bertz CT molecular complexity index is 883. The number of halogens is 1. The highest BCUT2D eigenvalue weighted by molar-refractivity contribution is 6.32. The molecule has 0 saturated carbocycles. The molecule has 0 bridgehead atoms. The van der Waals surface area contributed by atoms with Crippen LogP contribution in [0, 0.1) is 0 Å². The maximum absolute atomic E-state index is 12.1. The molecule has 1 unspecified atom stereocenters. The van der Waals surface area contributed by atoms with Crippen LogP contribution in [0.1, 0.15) is 5.56 Å². The van der Waals surface area contributed by atoms with Gasteiger partial charge in [-0.3, -0.25) is 4.79 Å². The molecule has 0 aliphatic carbocycles. The lowest BCUT2D eigenvalue weighted by Crippen LogP contribution is -2.40. The molecule has 1 atom stereocenters. The van der Waals surface area contributed by atoms with Crippen LogP contribution in [0.5, 0.6) is 23.0 Å². The van der Waals surface area contributed by atoms with Crippen molar-refractivity contribution in [1.82, 2.24) is 5.32 Å². The van der Waals surface area contributed by atoms with Crippen LogP contribution in [-0.4, -0.2) is 38.4 Å². The first kappa shape index (κ1) is 17.5. The third-order valence-electron chi connectivity index (χ3n) is 4.12. The van der Waals surface area contributed by atoms with E-state index in [2.05, 4.69) is 5.32 Å². The van der Waals surface area contributed by atoms with Crippen molar-refractivity contribution >= 4 is 23.6 Å². The van der Waals surface area contributed by atoms with Crippen LogP contribution in [0.15, 0.2) is 42.5 Å². The number of carbonyl (C=O) groups is 1. The predicted molar refractivity (Wildman–Crippen MR) is 101 cm³/mol. The molecule has 0 aromatic heterocycles. The number of nitrogens with one attached hydrogen (secondary N) is 1. The molecular formula is C20H18ClNO5. The smallest absolute Gasteiger partial charge is 0.244 e. The molecule has 2 heterocycles. The molecule has 1 amide bonds. The van der Waals surface area contributed by atoms with E-state index >= 15 is 0 Å². The minimum absolute atomic E-state index is 0.233. The van der Waals surface area contributed by atoms with Gasteiger partial charge in [-0.1, -0.05) is 23.7 Å². The Morgan fingerprint density at radius 2 is 1.93 bits per heavy atom. The van der Waals surface area contributed by atoms with Crippen LogP contribution in [0.2, 0.25) is 5.02 Å². The van der Waals surface area contributed by atoms with E-state index in [0.717, 1.165) is 11.3 Å². The van der Waals surface area contributed by atoms with Gasteiger partial charge in [0.15, 0.2) is 23.0 Å². The molecule has 4 rings (SSSR count). The Balaban J connectivity index is 1.33. The summed E-state index contributed by atoms with van der Waals surface area (Å²) in [6.45, 7) is 1.68. The van der Waals surface area contributed by atoms with Crippen LogP contribution in [-0.2, 0) is 4.79 Å². The van der Waals surface area contributed by atoms with Crippen molar-refractivity contribution < 1.29 is 23.7 Å². The first-order valence-electron chi connectivity index (χ1n) is 8.62. The number of para-hydroxylation sites is 2. The summed E-state index contributed by atoms with van der Waals surface area (Å²) in [6, 6.07) is 11.0. The zero-order valence-electron chi connectivity index (χ0n) is 14.4. The number of hydrogen-bond donors (Lipinski definition) is 1. The van der Waals surface area contributed by atoms with Crippen molar-refractivity contribution in [1.29, 1.82) is 0 Å². The zero-order valence-corrected chi connectivity index (χ0v) is 15.2. The average molecular weight is 388 g/mol. The summed E-state index contributed by atoms with van der Waals surface area (Å²) < 4.78 is 22.5. The first-order chi connectivity index (χ1) is 13.2. The van der Waals surface area contributed by atoms with E-state index in [1.165, 1.54) is 6.08 Å². The normalized spacial score (nSPS) is 17.6. The summed E-state index contributed by atoms with van der Waals surface area (Å²) in [5, 5.41) is 3.27. The van der Waals surface area contributed by atoms with Crippen molar-refractivity contribution in [3.8, 4) is 23.0 Å². The van der Waals surface area contributed by atoms with E-state index in [-0.39, 0.29) is 12.0 Å². The highest BCUT2D eigenvalue weighted by Crippen LogP contribution is 2.38. The van der Waals surface area contributed by atoms with Crippen molar-refractivity contribution in [2.75, 3.05) is 26.4 Å². The molecule has 7 heteroatoms. The van der Waals surface area contributed by atoms with Crippen LogP contribution < -0.4 is 24.3 Å². The number of hydrogen-bond acceptors (Lipinski definition) is 5. The summed E-state index contributed by atoms with van der Waals surface area (Å²) in [7, 11) is 0. The second-order valence-corrected chi connectivity index (χ2v) is 6.51. The van der Waals surface area contributed by atoms with E-state index in [1.807, 2.05) is 24.3 Å². The van der Waals surface area contributed by atoms with Crippen LogP contribution in [0.3, 0.4) is 0 Å². The Morgan fingerprint density at radius 3 is 2.81 bits per heavy atom. The number of fused-ring (bicyclic) bond motifs is 2. The lowest BCUT2D eigenvalue weighted by molar-refractivity contribution is -0.116. The Kier molecular flexibility index (Phi) is 5.07. The van der Waals surface area contributed by atoms with Crippen molar-refractivity contribution in [2.24, 2.45) is 0 Å². The van der Waals surface area contributed by atoms with Gasteiger partial charge in [0.25, 0.3) is 0 Å². The van der Waals surface area contributed by atoms with Gasteiger partial charge in [-0.2, -0.15) is 0 Å². The van der Waals surface area contributed by atoms with Crippen molar-refractivity contribution in [2.45, 2.75) is 6.10 Å². The maximum Gasteiger partial charge on any atom is 0.244 e. The number of ether oxygens (including phenoxy) is 4. The molecule has 0 saturated heterocycles. The molecule has 2 aliphatic rings. The zero-order chi connectivity index (χ0) is 18.6. The molecule has 0 fully saturated rings. The lowest BCUT2D eigenvalue weighted by atomic mass is 10.1. The Hall–Kier alpha value is -2.86. The number of amides is 1. The maximum atomic E-state index is 12.1. The van der Waals surface area contributed by atoms with Crippen molar-refractivity contribution in [3.63, 3.8) is 0 Å². The lowest BCUT2D eigenvalue weighted by Gasteiger charge is -2.26. The van der Waals surface area contributed by atoms with E-state index in [4.69, 9.17) is 30.5 Å². The molecule has 140 valence electrons. The minimum Gasteiger partial charge on any atom is -0.486 e. The Morgan fingerprint density at radius 1 is 1.11 bits per heavy atom. The third-order valence-corrected chi connectivity index (χ3v) is 4.40. The van der Waals surface area contributed by atoms with E-state index < -0.39 is 0 Å². The molecule has 0 spiro atoms. The number of benzene rings is 2. The second-order valence-electron chi connectivity index (χ2n) is 6.10. The topological polar surface area (TPSA) is 66.0 Å². The molecule has 27 heavy (non-hydrogen) atoms.